The van der Waals surface area contributed by atoms with Gasteiger partial charge in [0.05, 0.1) is 5.70 Å². The van der Waals surface area contributed by atoms with Gasteiger partial charge in [0.1, 0.15) is 16.9 Å². The fraction of sp³-hybridized carbons (Fsp3) is 0.450. The van der Waals surface area contributed by atoms with Gasteiger partial charge in [-0.3, -0.25) is 10.3 Å². The number of thiazole rings is 1. The molecule has 0 amide bonds. The zero-order chi connectivity index (χ0) is 18.4. The van der Waals surface area contributed by atoms with Crippen molar-refractivity contribution in [2.45, 2.75) is 58.5 Å². The summed E-state index contributed by atoms with van der Waals surface area (Å²) in [7, 11) is 0. The predicted octanol–water partition coefficient (Wildman–Crippen LogP) is 5.06. The van der Waals surface area contributed by atoms with Crippen LogP contribution >= 0.6 is 11.3 Å². The van der Waals surface area contributed by atoms with Crippen molar-refractivity contribution in [3.05, 3.63) is 51.5 Å². The largest absolute Gasteiger partial charge is 0.507 e. The number of aromatic nitrogens is 1. The highest BCUT2D eigenvalue weighted by Crippen LogP contribution is 2.42. The summed E-state index contributed by atoms with van der Waals surface area (Å²) in [5.74, 6) is 0.388. The van der Waals surface area contributed by atoms with Gasteiger partial charge in [-0.1, -0.05) is 41.5 Å². The van der Waals surface area contributed by atoms with Crippen LogP contribution < -0.4 is 5.48 Å². The van der Waals surface area contributed by atoms with E-state index in [4.69, 9.17) is 4.84 Å². The van der Waals surface area contributed by atoms with Crippen LogP contribution in [0.25, 0.3) is 5.70 Å². The monoisotopic (exact) mass is 358 g/mol. The molecule has 0 fully saturated rings. The zero-order valence-corrected chi connectivity index (χ0v) is 16.5. The number of phenols is 1. The second kappa shape index (κ2) is 6.15. The summed E-state index contributed by atoms with van der Waals surface area (Å²) in [6.07, 6.45) is 3.62. The second-order valence-corrected chi connectivity index (χ2v) is 9.42. The third-order valence-electron chi connectivity index (χ3n) is 4.35. The maximum absolute atomic E-state index is 10.8. The Labute approximate surface area is 153 Å². The van der Waals surface area contributed by atoms with Gasteiger partial charge >= 0.3 is 0 Å². The van der Waals surface area contributed by atoms with E-state index in [1.807, 2.05) is 11.5 Å². The fourth-order valence-corrected chi connectivity index (χ4v) is 3.56. The summed E-state index contributed by atoms with van der Waals surface area (Å²) < 4.78 is 0. The molecule has 5 heteroatoms. The van der Waals surface area contributed by atoms with Crippen molar-refractivity contribution < 1.29 is 9.94 Å². The molecule has 1 unspecified atom stereocenters. The number of phenolic OH excluding ortho intramolecular Hbond substituents is 1. The van der Waals surface area contributed by atoms with Crippen LogP contribution in [0.4, 0.5) is 0 Å². The first-order valence-corrected chi connectivity index (χ1v) is 9.36. The van der Waals surface area contributed by atoms with Crippen molar-refractivity contribution >= 4 is 17.0 Å². The Morgan fingerprint density at radius 1 is 1.08 bits per heavy atom. The van der Waals surface area contributed by atoms with Crippen LogP contribution in [-0.4, -0.2) is 10.1 Å². The van der Waals surface area contributed by atoms with Gasteiger partial charge in [0.15, 0.2) is 0 Å². The molecule has 25 heavy (non-hydrogen) atoms. The maximum atomic E-state index is 10.8. The van der Waals surface area contributed by atoms with Crippen molar-refractivity contribution in [1.29, 1.82) is 0 Å². The third kappa shape index (κ3) is 3.58. The molecule has 2 aromatic rings. The predicted molar refractivity (Wildman–Crippen MR) is 103 cm³/mol. The minimum absolute atomic E-state index is 0.159. The molecular weight excluding hydrogens is 332 g/mol. The molecule has 0 spiro atoms. The van der Waals surface area contributed by atoms with Crippen molar-refractivity contribution in [1.82, 2.24) is 10.5 Å². The van der Waals surface area contributed by atoms with E-state index >= 15 is 0 Å². The lowest BCUT2D eigenvalue weighted by atomic mass is 9.78. The van der Waals surface area contributed by atoms with Gasteiger partial charge in [-0.25, -0.2) is 4.98 Å². The highest BCUT2D eigenvalue weighted by atomic mass is 32.1. The molecular formula is C20H26N2O2S. The molecule has 2 heterocycles. The van der Waals surface area contributed by atoms with Gasteiger partial charge in [-0.05, 0) is 45.7 Å². The lowest BCUT2D eigenvalue weighted by Crippen LogP contribution is -2.18. The van der Waals surface area contributed by atoms with Crippen molar-refractivity contribution in [2.24, 2.45) is 0 Å². The summed E-state index contributed by atoms with van der Waals surface area (Å²) in [6.45, 7) is 12.7. The Hall–Kier alpha value is -1.85. The van der Waals surface area contributed by atoms with Crippen LogP contribution in [-0.2, 0) is 15.7 Å². The van der Waals surface area contributed by atoms with E-state index in [1.54, 1.807) is 17.5 Å². The number of hydroxylamine groups is 1. The van der Waals surface area contributed by atoms with Gasteiger partial charge < -0.3 is 5.11 Å². The topological polar surface area (TPSA) is 54.4 Å². The fourth-order valence-electron chi connectivity index (χ4n) is 2.95. The molecule has 4 nitrogen and oxygen atoms in total. The number of aromatic hydroxyl groups is 1. The highest BCUT2D eigenvalue weighted by molar-refractivity contribution is 7.10. The molecule has 1 atom stereocenters. The van der Waals surface area contributed by atoms with Crippen LogP contribution in [0.15, 0.2) is 29.8 Å². The first-order chi connectivity index (χ1) is 11.6. The molecule has 1 aliphatic heterocycles. The first kappa shape index (κ1) is 18.0. The molecule has 134 valence electrons. The van der Waals surface area contributed by atoms with Gasteiger partial charge in [-0.2, -0.15) is 0 Å². The Bertz CT molecular complexity index is 761. The van der Waals surface area contributed by atoms with Crippen LogP contribution in [0.2, 0.25) is 0 Å². The summed E-state index contributed by atoms with van der Waals surface area (Å²) in [5.41, 5.74) is 6.47. The highest BCUT2D eigenvalue weighted by Gasteiger charge is 2.29. The maximum Gasteiger partial charge on any atom is 0.141 e. The van der Waals surface area contributed by atoms with E-state index in [0.29, 0.717) is 5.75 Å². The number of nitrogens with one attached hydrogen (secondary N) is 1. The molecule has 0 aliphatic carbocycles. The average Bonchev–Trinajstić information content (AvgIpc) is 3.16. The number of rotatable bonds is 2. The second-order valence-electron chi connectivity index (χ2n) is 8.52. The lowest BCUT2D eigenvalue weighted by molar-refractivity contribution is 0.0509. The van der Waals surface area contributed by atoms with E-state index in [9.17, 15) is 5.11 Å². The summed E-state index contributed by atoms with van der Waals surface area (Å²) in [4.78, 5) is 10.1. The van der Waals surface area contributed by atoms with Crippen LogP contribution in [0, 0.1) is 0 Å². The molecule has 0 saturated carbocycles. The SMILES string of the molecule is CC(C)(C)c1cc(C2C=C(c3nccs3)NO2)cc(C(C)(C)C)c1O. The first-order valence-electron chi connectivity index (χ1n) is 8.48. The van der Waals surface area contributed by atoms with Gasteiger partial charge in [0.2, 0.25) is 0 Å². The average molecular weight is 359 g/mol. The number of hydrogen-bond acceptors (Lipinski definition) is 5. The van der Waals surface area contributed by atoms with Crippen LogP contribution in [0.1, 0.15) is 69.3 Å². The third-order valence-corrected chi connectivity index (χ3v) is 5.16. The Morgan fingerprint density at radius 3 is 2.16 bits per heavy atom. The molecule has 0 saturated heterocycles. The minimum Gasteiger partial charge on any atom is -0.507 e. The minimum atomic E-state index is -0.207. The van der Waals surface area contributed by atoms with E-state index < -0.39 is 0 Å². The van der Waals surface area contributed by atoms with E-state index in [0.717, 1.165) is 27.4 Å². The molecule has 1 aromatic carbocycles. The summed E-state index contributed by atoms with van der Waals surface area (Å²) >= 11 is 1.57. The van der Waals surface area contributed by atoms with Crippen LogP contribution in [0.3, 0.4) is 0 Å². The summed E-state index contributed by atoms with van der Waals surface area (Å²) in [5, 5.41) is 13.7. The molecule has 0 radical (unpaired) electrons. The Morgan fingerprint density at radius 2 is 1.68 bits per heavy atom. The molecule has 2 N–H and O–H groups in total. The van der Waals surface area contributed by atoms with E-state index in [-0.39, 0.29) is 16.9 Å². The van der Waals surface area contributed by atoms with Gasteiger partial charge in [-0.15, -0.1) is 11.3 Å². The van der Waals surface area contributed by atoms with Gasteiger partial charge in [0.25, 0.3) is 0 Å². The smallest absolute Gasteiger partial charge is 0.141 e. The molecule has 0 bridgehead atoms. The Balaban J connectivity index is 2.08. The molecule has 1 aliphatic rings. The molecule has 1 aromatic heterocycles. The van der Waals surface area contributed by atoms with Gasteiger partial charge in [0, 0.05) is 11.6 Å². The standard InChI is InChI=1S/C20H26N2O2S/c1-19(2,3)13-9-12(10-14(17(13)23)20(4,5)6)16-11-15(22-24-16)18-21-7-8-25-18/h7-11,16,22-23H,1-6H3. The molecule has 3 rings (SSSR count). The van der Waals surface area contributed by atoms with Crippen molar-refractivity contribution in [3.63, 3.8) is 0 Å². The summed E-state index contributed by atoms with van der Waals surface area (Å²) in [6, 6.07) is 4.11. The quantitative estimate of drug-likeness (QED) is 0.788. The Kier molecular flexibility index (Phi) is 4.41. The van der Waals surface area contributed by atoms with E-state index in [1.165, 1.54) is 0 Å². The van der Waals surface area contributed by atoms with Crippen LogP contribution in [0.5, 0.6) is 5.75 Å². The normalized spacial score (nSPS) is 18.2. The number of nitrogens with zero attached hydrogens (tertiary/aromatic N) is 1. The van der Waals surface area contributed by atoms with Crippen molar-refractivity contribution in [3.8, 4) is 5.75 Å². The number of benzene rings is 1. The zero-order valence-electron chi connectivity index (χ0n) is 15.7. The number of hydrogen-bond donors (Lipinski definition) is 2. The van der Waals surface area contributed by atoms with E-state index in [2.05, 4.69) is 64.1 Å². The van der Waals surface area contributed by atoms with Crippen molar-refractivity contribution in [2.75, 3.05) is 0 Å². The lowest BCUT2D eigenvalue weighted by Gasteiger charge is -2.28.